The predicted octanol–water partition coefficient (Wildman–Crippen LogP) is 4.78. The van der Waals surface area contributed by atoms with Crippen LogP contribution in [0.5, 0.6) is 5.75 Å². The van der Waals surface area contributed by atoms with Gasteiger partial charge in [0, 0.05) is 12.1 Å². The van der Waals surface area contributed by atoms with Crippen molar-refractivity contribution in [3.8, 4) is 5.75 Å². The van der Waals surface area contributed by atoms with Crippen LogP contribution in [0.4, 0.5) is 11.4 Å². The molecule has 6 nitrogen and oxygen atoms in total. The number of para-hydroxylation sites is 2. The summed E-state index contributed by atoms with van der Waals surface area (Å²) in [6, 6.07) is 21.7. The summed E-state index contributed by atoms with van der Waals surface area (Å²) in [5.41, 5.74) is 1.10. The molecule has 4 rings (SSSR count). The van der Waals surface area contributed by atoms with Gasteiger partial charge in [-0.25, -0.2) is 0 Å². The minimum Gasteiger partial charge on any atom is -0.478 e. The van der Waals surface area contributed by atoms with Crippen molar-refractivity contribution in [2.75, 3.05) is 4.90 Å². The van der Waals surface area contributed by atoms with Crippen LogP contribution in [0.3, 0.4) is 0 Å². The summed E-state index contributed by atoms with van der Waals surface area (Å²) in [4.78, 5) is 25.2. The zero-order valence-corrected chi connectivity index (χ0v) is 15.3. The van der Waals surface area contributed by atoms with Crippen molar-refractivity contribution in [1.29, 1.82) is 0 Å². The van der Waals surface area contributed by atoms with E-state index in [0.717, 1.165) is 0 Å². The number of β-lactam (4-membered cyclic amide) rings is 1. The number of non-ortho nitro benzene ring substituents is 1. The lowest BCUT2D eigenvalue weighted by Crippen LogP contribution is -2.61. The standard InChI is InChI=1S/C21H15ClN2O4/c22-17-11-4-5-12-18(17)23-19(14-7-6-8-15(13-14)24(26)27)20(21(23)25)28-16-9-2-1-3-10-16/h1-13,19-20H. The highest BCUT2D eigenvalue weighted by Crippen LogP contribution is 2.44. The van der Waals surface area contributed by atoms with Gasteiger partial charge < -0.3 is 4.74 Å². The summed E-state index contributed by atoms with van der Waals surface area (Å²) >= 11 is 6.30. The summed E-state index contributed by atoms with van der Waals surface area (Å²) in [6.45, 7) is 0. The smallest absolute Gasteiger partial charge is 0.271 e. The normalized spacial score (nSPS) is 18.5. The molecule has 0 bridgehead atoms. The van der Waals surface area contributed by atoms with Gasteiger partial charge in [-0.3, -0.25) is 19.8 Å². The Hall–Kier alpha value is -3.38. The third kappa shape index (κ3) is 3.18. The van der Waals surface area contributed by atoms with Gasteiger partial charge in [-0.1, -0.05) is 54.1 Å². The molecule has 0 aromatic heterocycles. The van der Waals surface area contributed by atoms with E-state index >= 15 is 0 Å². The van der Waals surface area contributed by atoms with Gasteiger partial charge in [0.05, 0.1) is 15.6 Å². The van der Waals surface area contributed by atoms with Crippen molar-refractivity contribution >= 4 is 28.9 Å². The first-order valence-corrected chi connectivity index (χ1v) is 8.98. The first-order chi connectivity index (χ1) is 13.6. The number of carbonyl (C=O) groups is 1. The van der Waals surface area contributed by atoms with Crippen molar-refractivity contribution in [2.24, 2.45) is 0 Å². The number of nitro groups is 1. The molecule has 0 spiro atoms. The number of anilines is 1. The lowest BCUT2D eigenvalue weighted by atomic mass is 9.89. The Morgan fingerprint density at radius 1 is 0.964 bits per heavy atom. The van der Waals surface area contributed by atoms with Crippen LogP contribution >= 0.6 is 11.6 Å². The highest BCUT2D eigenvalue weighted by atomic mass is 35.5. The number of ether oxygens (including phenoxy) is 1. The Bertz CT molecular complexity index is 1040. The molecule has 3 aromatic rings. The van der Waals surface area contributed by atoms with E-state index < -0.39 is 17.1 Å². The minimum atomic E-state index is -0.805. The molecule has 1 aliphatic heterocycles. The van der Waals surface area contributed by atoms with Gasteiger partial charge in [-0.05, 0) is 29.8 Å². The zero-order chi connectivity index (χ0) is 19.7. The minimum absolute atomic E-state index is 0.0468. The van der Waals surface area contributed by atoms with E-state index in [0.29, 0.717) is 22.0 Å². The van der Waals surface area contributed by atoms with E-state index in [4.69, 9.17) is 16.3 Å². The fourth-order valence-electron chi connectivity index (χ4n) is 3.28. The van der Waals surface area contributed by atoms with Gasteiger partial charge >= 0.3 is 0 Å². The van der Waals surface area contributed by atoms with Crippen molar-refractivity contribution in [1.82, 2.24) is 0 Å². The van der Waals surface area contributed by atoms with Crippen molar-refractivity contribution in [2.45, 2.75) is 12.1 Å². The Kier molecular flexibility index (Phi) is 4.71. The SMILES string of the molecule is O=C1C(Oc2ccccc2)C(c2cccc([N+](=O)[O-])c2)N1c1ccccc1Cl. The van der Waals surface area contributed by atoms with E-state index in [-0.39, 0.29) is 11.6 Å². The van der Waals surface area contributed by atoms with Crippen LogP contribution in [0.2, 0.25) is 5.02 Å². The van der Waals surface area contributed by atoms with E-state index in [9.17, 15) is 14.9 Å². The summed E-state index contributed by atoms with van der Waals surface area (Å²) in [5, 5.41) is 11.6. The van der Waals surface area contributed by atoms with Gasteiger partial charge in [-0.2, -0.15) is 0 Å². The van der Waals surface area contributed by atoms with E-state index in [1.54, 1.807) is 48.5 Å². The maximum absolute atomic E-state index is 12.9. The topological polar surface area (TPSA) is 72.7 Å². The number of benzene rings is 3. The van der Waals surface area contributed by atoms with E-state index in [1.807, 2.05) is 18.2 Å². The molecule has 2 atom stereocenters. The molecular weight excluding hydrogens is 380 g/mol. The first kappa shape index (κ1) is 18.0. The number of carbonyl (C=O) groups excluding carboxylic acids is 1. The number of halogens is 1. The first-order valence-electron chi connectivity index (χ1n) is 8.60. The number of hydrogen-bond donors (Lipinski definition) is 0. The van der Waals surface area contributed by atoms with E-state index in [1.165, 1.54) is 17.0 Å². The van der Waals surface area contributed by atoms with Gasteiger partial charge in [0.2, 0.25) is 6.10 Å². The quantitative estimate of drug-likeness (QED) is 0.354. The molecule has 0 N–H and O–H groups in total. The van der Waals surface area contributed by atoms with Crippen molar-refractivity contribution in [3.63, 3.8) is 0 Å². The summed E-state index contributed by atoms with van der Waals surface area (Å²) < 4.78 is 5.92. The molecule has 1 aliphatic rings. The Labute approximate surface area is 166 Å². The lowest BCUT2D eigenvalue weighted by molar-refractivity contribution is -0.384. The van der Waals surface area contributed by atoms with Gasteiger partial charge in [0.1, 0.15) is 11.8 Å². The highest BCUT2D eigenvalue weighted by Gasteiger charge is 2.51. The summed E-state index contributed by atoms with van der Waals surface area (Å²) in [6.07, 6.45) is -0.805. The average molecular weight is 395 g/mol. The molecule has 0 saturated carbocycles. The predicted molar refractivity (Wildman–Crippen MR) is 106 cm³/mol. The molecule has 7 heteroatoms. The van der Waals surface area contributed by atoms with Crippen LogP contribution < -0.4 is 9.64 Å². The highest BCUT2D eigenvalue weighted by molar-refractivity contribution is 6.34. The fraction of sp³-hybridized carbons (Fsp3) is 0.0952. The number of nitro benzene ring substituents is 1. The number of nitrogens with zero attached hydrogens (tertiary/aromatic N) is 2. The van der Waals surface area contributed by atoms with Crippen LogP contribution in [-0.4, -0.2) is 16.9 Å². The number of amides is 1. The monoisotopic (exact) mass is 394 g/mol. The largest absolute Gasteiger partial charge is 0.478 e. The van der Waals surface area contributed by atoms with Crippen LogP contribution in [0.25, 0.3) is 0 Å². The molecule has 28 heavy (non-hydrogen) atoms. The molecule has 2 unspecified atom stereocenters. The average Bonchev–Trinajstić information content (AvgIpc) is 2.72. The van der Waals surface area contributed by atoms with Crippen LogP contribution in [0.1, 0.15) is 11.6 Å². The third-order valence-electron chi connectivity index (χ3n) is 4.59. The summed E-state index contributed by atoms with van der Waals surface area (Å²) in [5.74, 6) is 0.295. The Morgan fingerprint density at radius 2 is 1.68 bits per heavy atom. The van der Waals surface area contributed by atoms with Crippen molar-refractivity contribution in [3.05, 3.63) is 99.6 Å². The van der Waals surface area contributed by atoms with Crippen molar-refractivity contribution < 1.29 is 14.5 Å². The van der Waals surface area contributed by atoms with Gasteiger partial charge in [-0.15, -0.1) is 0 Å². The molecular formula is C21H15ClN2O4. The molecule has 3 aromatic carbocycles. The number of rotatable bonds is 5. The maximum atomic E-state index is 12.9. The molecule has 140 valence electrons. The molecule has 1 fully saturated rings. The summed E-state index contributed by atoms with van der Waals surface area (Å²) in [7, 11) is 0. The van der Waals surface area contributed by atoms with Gasteiger partial charge in [0.25, 0.3) is 11.6 Å². The third-order valence-corrected chi connectivity index (χ3v) is 4.91. The maximum Gasteiger partial charge on any atom is 0.271 e. The lowest BCUT2D eigenvalue weighted by Gasteiger charge is -2.46. The molecule has 1 saturated heterocycles. The second-order valence-electron chi connectivity index (χ2n) is 6.31. The molecule has 1 heterocycles. The van der Waals surface area contributed by atoms with Crippen LogP contribution in [0.15, 0.2) is 78.9 Å². The van der Waals surface area contributed by atoms with Crippen LogP contribution in [0, 0.1) is 10.1 Å². The van der Waals surface area contributed by atoms with Gasteiger partial charge in [0.15, 0.2) is 0 Å². The second-order valence-corrected chi connectivity index (χ2v) is 6.72. The Balaban J connectivity index is 1.75. The second kappa shape index (κ2) is 7.32. The van der Waals surface area contributed by atoms with Crippen LogP contribution in [-0.2, 0) is 4.79 Å². The molecule has 1 amide bonds. The fourth-order valence-corrected chi connectivity index (χ4v) is 3.51. The zero-order valence-electron chi connectivity index (χ0n) is 14.6. The molecule has 0 radical (unpaired) electrons. The molecule has 0 aliphatic carbocycles. The Morgan fingerprint density at radius 3 is 2.39 bits per heavy atom. The number of hydrogen-bond acceptors (Lipinski definition) is 4. The van der Waals surface area contributed by atoms with E-state index in [2.05, 4.69) is 0 Å².